The number of hydrogen-bond donors (Lipinski definition) is 1. The summed E-state index contributed by atoms with van der Waals surface area (Å²) in [6.45, 7) is 3.77. The third-order valence-electron chi connectivity index (χ3n) is 2.78. The van der Waals surface area contributed by atoms with Crippen LogP contribution in [-0.2, 0) is 0 Å². The quantitative estimate of drug-likeness (QED) is 0.917. The number of aryl methyl sites for hydroxylation is 2. The smallest absolute Gasteiger partial charge is 0.0651 e. The van der Waals surface area contributed by atoms with Crippen molar-refractivity contribution >= 4 is 23.2 Å². The molecular formula is C13H13Cl2N3. The monoisotopic (exact) mass is 281 g/mol. The lowest BCUT2D eigenvalue weighted by atomic mass is 9.98. The van der Waals surface area contributed by atoms with Gasteiger partial charge in [-0.3, -0.25) is 0 Å². The highest BCUT2D eigenvalue weighted by Gasteiger charge is 2.14. The Morgan fingerprint density at radius 3 is 2.44 bits per heavy atom. The lowest BCUT2D eigenvalue weighted by molar-refractivity contribution is 0.813. The van der Waals surface area contributed by atoms with E-state index in [4.69, 9.17) is 28.9 Å². The Labute approximate surface area is 116 Å². The van der Waals surface area contributed by atoms with E-state index in [1.54, 1.807) is 12.1 Å². The Kier molecular flexibility index (Phi) is 3.85. The molecular weight excluding hydrogens is 269 g/mol. The fraction of sp³-hybridized carbons (Fsp3) is 0.231. The molecule has 1 atom stereocenters. The van der Waals surface area contributed by atoms with Crippen molar-refractivity contribution in [2.45, 2.75) is 19.9 Å². The maximum atomic E-state index is 6.24. The number of aromatic nitrogens is 2. The van der Waals surface area contributed by atoms with Crippen LogP contribution in [-0.4, -0.2) is 10.2 Å². The van der Waals surface area contributed by atoms with Crippen LogP contribution in [0.3, 0.4) is 0 Å². The van der Waals surface area contributed by atoms with Gasteiger partial charge in [-0.1, -0.05) is 29.3 Å². The van der Waals surface area contributed by atoms with Crippen molar-refractivity contribution in [1.29, 1.82) is 0 Å². The van der Waals surface area contributed by atoms with Gasteiger partial charge in [0.2, 0.25) is 0 Å². The summed E-state index contributed by atoms with van der Waals surface area (Å²) in [6.07, 6.45) is 0. The second kappa shape index (κ2) is 5.22. The van der Waals surface area contributed by atoms with Gasteiger partial charge < -0.3 is 5.73 Å². The van der Waals surface area contributed by atoms with E-state index < -0.39 is 0 Å². The van der Waals surface area contributed by atoms with E-state index in [9.17, 15) is 0 Å². The first-order valence-corrected chi connectivity index (χ1v) is 6.26. The molecule has 2 rings (SSSR count). The van der Waals surface area contributed by atoms with Crippen LogP contribution in [0.4, 0.5) is 0 Å². The second-order valence-corrected chi connectivity index (χ2v) is 4.99. The number of rotatable bonds is 2. The number of benzene rings is 1. The van der Waals surface area contributed by atoms with Gasteiger partial charge in [0, 0.05) is 0 Å². The van der Waals surface area contributed by atoms with Crippen molar-refractivity contribution in [1.82, 2.24) is 10.2 Å². The third-order valence-corrected chi connectivity index (χ3v) is 3.52. The zero-order valence-corrected chi connectivity index (χ0v) is 11.6. The van der Waals surface area contributed by atoms with Crippen molar-refractivity contribution in [3.63, 3.8) is 0 Å². The fourth-order valence-corrected chi connectivity index (χ4v) is 2.08. The largest absolute Gasteiger partial charge is 0.320 e. The minimum absolute atomic E-state index is 0.283. The summed E-state index contributed by atoms with van der Waals surface area (Å²) in [5.74, 6) is 0. The van der Waals surface area contributed by atoms with Gasteiger partial charge in [0.25, 0.3) is 0 Å². The molecule has 0 saturated carbocycles. The first-order valence-electron chi connectivity index (χ1n) is 5.50. The van der Waals surface area contributed by atoms with Crippen LogP contribution in [0.25, 0.3) is 0 Å². The molecule has 1 unspecified atom stereocenters. The van der Waals surface area contributed by atoms with Crippen LogP contribution >= 0.6 is 23.2 Å². The summed E-state index contributed by atoms with van der Waals surface area (Å²) in [6, 6.07) is 7.05. The predicted molar refractivity (Wildman–Crippen MR) is 74.0 cm³/mol. The Balaban J connectivity index is 2.44. The van der Waals surface area contributed by atoms with Crippen LogP contribution in [0.1, 0.15) is 28.6 Å². The van der Waals surface area contributed by atoms with Gasteiger partial charge in [-0.05, 0) is 43.2 Å². The van der Waals surface area contributed by atoms with Crippen LogP contribution in [0.15, 0.2) is 24.3 Å². The molecule has 0 aliphatic rings. The van der Waals surface area contributed by atoms with E-state index >= 15 is 0 Å². The second-order valence-electron chi connectivity index (χ2n) is 4.18. The normalized spacial score (nSPS) is 12.5. The van der Waals surface area contributed by atoms with Crippen molar-refractivity contribution in [3.8, 4) is 0 Å². The molecule has 1 heterocycles. The Morgan fingerprint density at radius 1 is 1.06 bits per heavy atom. The first kappa shape index (κ1) is 13.3. The molecule has 0 aliphatic heterocycles. The van der Waals surface area contributed by atoms with E-state index in [2.05, 4.69) is 10.2 Å². The lowest BCUT2D eigenvalue weighted by Crippen LogP contribution is -2.15. The maximum absolute atomic E-state index is 6.24. The van der Waals surface area contributed by atoms with Gasteiger partial charge >= 0.3 is 0 Å². The number of hydrogen-bond acceptors (Lipinski definition) is 3. The molecule has 18 heavy (non-hydrogen) atoms. The van der Waals surface area contributed by atoms with E-state index in [1.807, 2.05) is 26.0 Å². The standard InChI is InChI=1S/C13H13Cl2N3/c1-7-5-10(8(2)18-17-7)13(16)9-3-4-11(14)12(15)6-9/h3-6,13H,16H2,1-2H3. The zero-order chi connectivity index (χ0) is 13.3. The van der Waals surface area contributed by atoms with Crippen molar-refractivity contribution in [3.05, 3.63) is 56.8 Å². The molecule has 0 fully saturated rings. The van der Waals surface area contributed by atoms with Crippen molar-refractivity contribution in [2.24, 2.45) is 5.73 Å². The Bertz CT molecular complexity index is 584. The van der Waals surface area contributed by atoms with Crippen LogP contribution in [0.2, 0.25) is 10.0 Å². The summed E-state index contributed by atoms with van der Waals surface area (Å²) in [7, 11) is 0. The summed E-state index contributed by atoms with van der Waals surface area (Å²) in [5, 5.41) is 9.09. The molecule has 94 valence electrons. The molecule has 3 nitrogen and oxygen atoms in total. The molecule has 0 amide bonds. The van der Waals surface area contributed by atoms with Gasteiger partial charge in [-0.25, -0.2) is 0 Å². The van der Waals surface area contributed by atoms with Gasteiger partial charge in [0.15, 0.2) is 0 Å². The Morgan fingerprint density at radius 2 is 1.78 bits per heavy atom. The number of nitrogens with zero attached hydrogens (tertiary/aromatic N) is 2. The van der Waals surface area contributed by atoms with E-state index in [-0.39, 0.29) is 6.04 Å². The highest BCUT2D eigenvalue weighted by Crippen LogP contribution is 2.28. The van der Waals surface area contributed by atoms with Gasteiger partial charge in [0.1, 0.15) is 0 Å². The Hall–Kier alpha value is -1.16. The minimum Gasteiger partial charge on any atom is -0.320 e. The summed E-state index contributed by atoms with van der Waals surface area (Å²) in [4.78, 5) is 0. The average Bonchev–Trinajstić information content (AvgIpc) is 2.35. The van der Waals surface area contributed by atoms with E-state index in [0.29, 0.717) is 10.0 Å². The average molecular weight is 282 g/mol. The molecule has 0 spiro atoms. The van der Waals surface area contributed by atoms with Gasteiger partial charge in [-0.15, -0.1) is 0 Å². The maximum Gasteiger partial charge on any atom is 0.0651 e. The topological polar surface area (TPSA) is 51.8 Å². The van der Waals surface area contributed by atoms with Crippen LogP contribution in [0, 0.1) is 13.8 Å². The number of nitrogens with two attached hydrogens (primary N) is 1. The molecule has 2 N–H and O–H groups in total. The van der Waals surface area contributed by atoms with Crippen LogP contribution in [0.5, 0.6) is 0 Å². The van der Waals surface area contributed by atoms with Crippen molar-refractivity contribution < 1.29 is 0 Å². The minimum atomic E-state index is -0.283. The van der Waals surface area contributed by atoms with E-state index in [0.717, 1.165) is 22.5 Å². The molecule has 0 saturated heterocycles. The SMILES string of the molecule is Cc1cc(C(N)c2ccc(Cl)c(Cl)c2)c(C)nn1. The highest BCUT2D eigenvalue weighted by atomic mass is 35.5. The highest BCUT2D eigenvalue weighted by molar-refractivity contribution is 6.42. The molecule has 0 bridgehead atoms. The predicted octanol–water partition coefficient (Wildman–Crippen LogP) is 3.45. The van der Waals surface area contributed by atoms with Gasteiger partial charge in [-0.2, -0.15) is 10.2 Å². The molecule has 5 heteroatoms. The van der Waals surface area contributed by atoms with Gasteiger partial charge in [0.05, 0.1) is 27.5 Å². The van der Waals surface area contributed by atoms with E-state index in [1.165, 1.54) is 0 Å². The number of halogens is 2. The molecule has 0 radical (unpaired) electrons. The molecule has 2 aromatic rings. The summed E-state index contributed by atoms with van der Waals surface area (Å²) >= 11 is 11.9. The molecule has 0 aliphatic carbocycles. The lowest BCUT2D eigenvalue weighted by Gasteiger charge is -2.15. The molecule has 1 aromatic heterocycles. The third kappa shape index (κ3) is 2.64. The fourth-order valence-electron chi connectivity index (χ4n) is 1.77. The summed E-state index contributed by atoms with van der Waals surface area (Å²) in [5.41, 5.74) is 9.74. The summed E-state index contributed by atoms with van der Waals surface area (Å²) < 4.78 is 0. The van der Waals surface area contributed by atoms with Crippen molar-refractivity contribution in [2.75, 3.05) is 0 Å². The zero-order valence-electron chi connectivity index (χ0n) is 10.1. The first-order chi connectivity index (χ1) is 8.49. The van der Waals surface area contributed by atoms with Crippen LogP contribution < -0.4 is 5.73 Å². The molecule has 1 aromatic carbocycles.